The molecule has 1 aromatic heterocycles. The summed E-state index contributed by atoms with van der Waals surface area (Å²) in [6.45, 7) is 3.45. The Bertz CT molecular complexity index is 294. The minimum Gasteiger partial charge on any atom is -0.231 e. The van der Waals surface area contributed by atoms with E-state index >= 15 is 0 Å². The molecule has 1 aromatic rings. The van der Waals surface area contributed by atoms with E-state index in [9.17, 15) is 13.2 Å². The molecule has 0 amide bonds. The summed E-state index contributed by atoms with van der Waals surface area (Å²) in [5, 5.41) is 0. The summed E-state index contributed by atoms with van der Waals surface area (Å²) in [7, 11) is 0. The van der Waals surface area contributed by atoms with Crippen molar-refractivity contribution in [2.24, 2.45) is 0 Å². The monoisotopic (exact) mass is 189 g/mol. The molecule has 0 N–H and O–H groups in total. The number of hydrogen-bond acceptors (Lipinski definition) is 2. The highest BCUT2D eigenvalue weighted by atomic mass is 19.4. The van der Waals surface area contributed by atoms with Crippen molar-refractivity contribution in [2.75, 3.05) is 0 Å². The molecule has 1 radical (unpaired) electrons. The predicted molar refractivity (Wildman–Crippen MR) is 40.0 cm³/mol. The minimum atomic E-state index is -4.41. The van der Waals surface area contributed by atoms with E-state index in [0.29, 0.717) is 0 Å². The van der Waals surface area contributed by atoms with Gasteiger partial charge in [0.2, 0.25) is 0 Å². The van der Waals surface area contributed by atoms with E-state index in [0.717, 1.165) is 6.07 Å². The third-order valence-electron chi connectivity index (χ3n) is 1.42. The van der Waals surface area contributed by atoms with Crippen LogP contribution >= 0.6 is 0 Å². The Balaban J connectivity index is 3.06. The molecule has 0 fully saturated rings. The van der Waals surface area contributed by atoms with Gasteiger partial charge in [-0.25, -0.2) is 9.97 Å². The van der Waals surface area contributed by atoms with Crippen LogP contribution in [0, 0.1) is 6.20 Å². The van der Waals surface area contributed by atoms with Gasteiger partial charge in [-0.3, -0.25) is 0 Å². The molecule has 0 aliphatic heterocycles. The van der Waals surface area contributed by atoms with Gasteiger partial charge in [0.15, 0.2) is 0 Å². The fraction of sp³-hybridized carbons (Fsp3) is 0.500. The van der Waals surface area contributed by atoms with Crippen molar-refractivity contribution >= 4 is 0 Å². The van der Waals surface area contributed by atoms with Gasteiger partial charge in [-0.2, -0.15) is 13.2 Å². The van der Waals surface area contributed by atoms with E-state index < -0.39 is 11.9 Å². The number of halogens is 3. The van der Waals surface area contributed by atoms with Crippen LogP contribution in [0.5, 0.6) is 0 Å². The molecule has 71 valence electrons. The van der Waals surface area contributed by atoms with Gasteiger partial charge < -0.3 is 0 Å². The zero-order valence-corrected chi connectivity index (χ0v) is 7.18. The summed E-state index contributed by atoms with van der Waals surface area (Å²) < 4.78 is 36.4. The summed E-state index contributed by atoms with van der Waals surface area (Å²) >= 11 is 0. The predicted octanol–water partition coefficient (Wildman–Crippen LogP) is 2.42. The Labute approximate surface area is 73.8 Å². The number of alkyl halides is 3. The summed E-state index contributed by atoms with van der Waals surface area (Å²) in [5.74, 6) is 0.0355. The van der Waals surface area contributed by atoms with Crippen molar-refractivity contribution in [1.29, 1.82) is 0 Å². The molecule has 0 aromatic carbocycles. The van der Waals surface area contributed by atoms with Crippen molar-refractivity contribution in [3.8, 4) is 0 Å². The molecule has 0 atom stereocenters. The average Bonchev–Trinajstić information content (AvgIpc) is 2.03. The Morgan fingerprint density at radius 2 is 2.00 bits per heavy atom. The fourth-order valence-electron chi connectivity index (χ4n) is 0.744. The lowest BCUT2D eigenvalue weighted by atomic mass is 10.2. The second-order valence-corrected chi connectivity index (χ2v) is 2.89. The summed E-state index contributed by atoms with van der Waals surface area (Å²) in [6, 6.07) is 0.742. The van der Waals surface area contributed by atoms with Crippen LogP contribution < -0.4 is 0 Å². The summed E-state index contributed by atoms with van der Waals surface area (Å²) in [4.78, 5) is 6.99. The van der Waals surface area contributed by atoms with Gasteiger partial charge >= 0.3 is 6.18 Å². The molecule has 2 nitrogen and oxygen atoms in total. The number of hydrogen-bond donors (Lipinski definition) is 0. The number of rotatable bonds is 1. The third kappa shape index (κ3) is 2.40. The molecule has 0 saturated heterocycles. The van der Waals surface area contributed by atoms with Gasteiger partial charge in [0, 0.05) is 5.92 Å². The first-order valence-corrected chi connectivity index (χ1v) is 3.73. The van der Waals surface area contributed by atoms with Crippen LogP contribution in [0.3, 0.4) is 0 Å². The topological polar surface area (TPSA) is 25.8 Å². The molecule has 0 aliphatic rings. The maximum atomic E-state index is 12.1. The molecule has 13 heavy (non-hydrogen) atoms. The Morgan fingerprint density at radius 1 is 1.38 bits per heavy atom. The highest BCUT2D eigenvalue weighted by molar-refractivity contribution is 5.06. The van der Waals surface area contributed by atoms with Gasteiger partial charge in [-0.05, 0) is 6.07 Å². The highest BCUT2D eigenvalue weighted by Crippen LogP contribution is 2.27. The number of aromatic nitrogens is 2. The standard InChI is InChI=1S/C8H8F3N2/c1-5(2)7-12-4-3-6(13-7)8(9,10)11/h3,5H,1-2H3. The quantitative estimate of drug-likeness (QED) is 0.678. The van der Waals surface area contributed by atoms with Crippen molar-refractivity contribution in [1.82, 2.24) is 9.97 Å². The molecular formula is C8H8F3N2. The Hall–Kier alpha value is -1.13. The second kappa shape index (κ2) is 3.32. The lowest BCUT2D eigenvalue weighted by Gasteiger charge is -2.07. The van der Waals surface area contributed by atoms with Crippen molar-refractivity contribution in [3.05, 3.63) is 23.8 Å². The summed E-state index contributed by atoms with van der Waals surface area (Å²) in [6.07, 6.45) is -2.23. The van der Waals surface area contributed by atoms with Crippen LogP contribution in [-0.2, 0) is 6.18 Å². The lowest BCUT2D eigenvalue weighted by Crippen LogP contribution is -2.11. The Morgan fingerprint density at radius 3 is 2.46 bits per heavy atom. The Kier molecular flexibility index (Phi) is 2.54. The first kappa shape index (κ1) is 9.95. The molecule has 0 aliphatic carbocycles. The maximum Gasteiger partial charge on any atom is 0.433 e. The van der Waals surface area contributed by atoms with E-state index in [1.54, 1.807) is 13.8 Å². The first-order valence-electron chi connectivity index (χ1n) is 3.73. The van der Waals surface area contributed by atoms with Gasteiger partial charge in [0.05, 0.1) is 6.20 Å². The largest absolute Gasteiger partial charge is 0.433 e. The minimum absolute atomic E-state index is 0.126. The second-order valence-electron chi connectivity index (χ2n) is 2.89. The van der Waals surface area contributed by atoms with Crippen LogP contribution in [-0.4, -0.2) is 9.97 Å². The van der Waals surface area contributed by atoms with Crippen LogP contribution in [0.4, 0.5) is 13.2 Å². The SMILES string of the molecule is CC(C)c1n[c]cc(C(F)(F)F)n1. The average molecular weight is 189 g/mol. The highest BCUT2D eigenvalue weighted by Gasteiger charge is 2.32. The van der Waals surface area contributed by atoms with E-state index in [-0.39, 0.29) is 11.7 Å². The maximum absolute atomic E-state index is 12.1. The van der Waals surface area contributed by atoms with E-state index in [4.69, 9.17) is 0 Å². The molecule has 0 unspecified atom stereocenters. The van der Waals surface area contributed by atoms with Crippen LogP contribution in [0.25, 0.3) is 0 Å². The third-order valence-corrected chi connectivity index (χ3v) is 1.42. The van der Waals surface area contributed by atoms with E-state index in [2.05, 4.69) is 16.2 Å². The fourth-order valence-corrected chi connectivity index (χ4v) is 0.744. The van der Waals surface area contributed by atoms with Gasteiger partial charge in [0.1, 0.15) is 11.5 Å². The van der Waals surface area contributed by atoms with Crippen molar-refractivity contribution < 1.29 is 13.2 Å². The van der Waals surface area contributed by atoms with Crippen LogP contribution in [0.1, 0.15) is 31.3 Å². The molecule has 1 rings (SSSR count). The molecule has 0 bridgehead atoms. The zero-order chi connectivity index (χ0) is 10.1. The van der Waals surface area contributed by atoms with E-state index in [1.807, 2.05) is 0 Å². The molecule has 0 saturated carbocycles. The van der Waals surface area contributed by atoms with E-state index in [1.165, 1.54) is 0 Å². The molecular weight excluding hydrogens is 181 g/mol. The van der Waals surface area contributed by atoms with Gasteiger partial charge in [-0.1, -0.05) is 13.8 Å². The molecule has 5 heteroatoms. The van der Waals surface area contributed by atoms with Crippen molar-refractivity contribution in [2.45, 2.75) is 25.9 Å². The number of nitrogens with zero attached hydrogens (tertiary/aromatic N) is 2. The van der Waals surface area contributed by atoms with Gasteiger partial charge in [-0.15, -0.1) is 0 Å². The normalized spacial score (nSPS) is 12.2. The smallest absolute Gasteiger partial charge is 0.231 e. The first-order chi connectivity index (χ1) is 5.91. The lowest BCUT2D eigenvalue weighted by molar-refractivity contribution is -0.141. The molecule has 1 heterocycles. The van der Waals surface area contributed by atoms with Gasteiger partial charge in [0.25, 0.3) is 0 Å². The summed E-state index contributed by atoms with van der Waals surface area (Å²) in [5.41, 5.74) is -0.939. The molecule has 0 spiro atoms. The van der Waals surface area contributed by atoms with Crippen molar-refractivity contribution in [3.63, 3.8) is 0 Å². The van der Waals surface area contributed by atoms with Crippen LogP contribution in [0.2, 0.25) is 0 Å². The zero-order valence-electron chi connectivity index (χ0n) is 7.18. The van der Waals surface area contributed by atoms with Crippen LogP contribution in [0.15, 0.2) is 6.07 Å².